The van der Waals surface area contributed by atoms with E-state index in [0.29, 0.717) is 17.4 Å². The van der Waals surface area contributed by atoms with E-state index in [1.54, 1.807) is 31.3 Å². The minimum Gasteiger partial charge on any atom is -0.505 e. The van der Waals surface area contributed by atoms with E-state index in [0.717, 1.165) is 11.1 Å². The molecule has 5 heteroatoms. The number of aryl methyl sites for hydroxylation is 1. The third-order valence-electron chi connectivity index (χ3n) is 3.75. The Morgan fingerprint density at radius 3 is 2.52 bits per heavy atom. The molecule has 3 rings (SSSR count). The van der Waals surface area contributed by atoms with Gasteiger partial charge in [-0.1, -0.05) is 12.1 Å². The zero-order chi connectivity index (χ0) is 16.6. The van der Waals surface area contributed by atoms with Crippen LogP contribution >= 0.6 is 0 Å². The molecule has 4 nitrogen and oxygen atoms in total. The standard InChI is InChI=1S/C18H14FNO3/c1-10-6-15(18(22)23)14-8-12(9-20-16(14)17(10)21)7-11-2-4-13(19)5-3-11/h2-6,8-9,21H,7H2,1H3,(H,22,23). The summed E-state index contributed by atoms with van der Waals surface area (Å²) in [5.41, 5.74) is 2.51. The molecule has 0 saturated heterocycles. The summed E-state index contributed by atoms with van der Waals surface area (Å²) in [7, 11) is 0. The summed E-state index contributed by atoms with van der Waals surface area (Å²) in [6.07, 6.45) is 2.09. The zero-order valence-corrected chi connectivity index (χ0v) is 12.4. The second-order valence-electron chi connectivity index (χ2n) is 5.44. The van der Waals surface area contributed by atoms with E-state index >= 15 is 0 Å². The number of pyridine rings is 1. The van der Waals surface area contributed by atoms with Gasteiger partial charge in [0.2, 0.25) is 0 Å². The van der Waals surface area contributed by atoms with Crippen molar-refractivity contribution in [3.05, 3.63) is 70.7 Å². The maximum atomic E-state index is 13.0. The number of rotatable bonds is 3. The number of phenolic OH excluding ortho intramolecular Hbond substituents is 1. The number of phenols is 1. The van der Waals surface area contributed by atoms with Crippen molar-refractivity contribution >= 4 is 16.9 Å². The molecule has 3 aromatic rings. The number of aromatic nitrogens is 1. The van der Waals surface area contributed by atoms with Crippen LogP contribution in [0.15, 0.2) is 42.6 Å². The van der Waals surface area contributed by atoms with Crippen LogP contribution in [0.25, 0.3) is 10.9 Å². The topological polar surface area (TPSA) is 70.4 Å². The number of hydrogen-bond acceptors (Lipinski definition) is 3. The third kappa shape index (κ3) is 2.85. The van der Waals surface area contributed by atoms with Crippen molar-refractivity contribution in [1.82, 2.24) is 4.98 Å². The van der Waals surface area contributed by atoms with Crippen molar-refractivity contribution in [2.45, 2.75) is 13.3 Å². The van der Waals surface area contributed by atoms with E-state index in [-0.39, 0.29) is 22.6 Å². The van der Waals surface area contributed by atoms with Crippen molar-refractivity contribution in [2.75, 3.05) is 0 Å². The Hall–Kier alpha value is -2.95. The number of nitrogens with zero attached hydrogens (tertiary/aromatic N) is 1. The monoisotopic (exact) mass is 311 g/mol. The van der Waals surface area contributed by atoms with Gasteiger partial charge >= 0.3 is 5.97 Å². The quantitative estimate of drug-likeness (QED) is 0.774. The normalized spacial score (nSPS) is 10.9. The number of carboxylic acids is 1. The number of halogens is 1. The molecule has 0 spiro atoms. The first-order valence-corrected chi connectivity index (χ1v) is 7.04. The molecule has 0 fully saturated rings. The highest BCUT2D eigenvalue weighted by atomic mass is 19.1. The zero-order valence-electron chi connectivity index (χ0n) is 12.4. The molecule has 1 aromatic heterocycles. The Morgan fingerprint density at radius 2 is 1.87 bits per heavy atom. The molecule has 0 atom stereocenters. The second kappa shape index (κ2) is 5.68. The van der Waals surface area contributed by atoms with Crippen molar-refractivity contribution in [1.29, 1.82) is 0 Å². The fourth-order valence-corrected chi connectivity index (χ4v) is 2.56. The van der Waals surface area contributed by atoms with Gasteiger partial charge in [-0.3, -0.25) is 4.98 Å². The molecule has 0 amide bonds. The molecule has 0 bridgehead atoms. The number of aromatic hydroxyl groups is 1. The molecular weight excluding hydrogens is 297 g/mol. The molecule has 116 valence electrons. The van der Waals surface area contributed by atoms with Crippen molar-refractivity contribution in [2.24, 2.45) is 0 Å². The Bertz CT molecular complexity index is 904. The van der Waals surface area contributed by atoms with Gasteiger partial charge in [0.05, 0.1) is 5.56 Å². The highest BCUT2D eigenvalue weighted by molar-refractivity contribution is 6.05. The maximum absolute atomic E-state index is 13.0. The second-order valence-corrected chi connectivity index (χ2v) is 5.44. The molecule has 0 aliphatic rings. The molecule has 0 saturated carbocycles. The smallest absolute Gasteiger partial charge is 0.336 e. The number of fused-ring (bicyclic) bond motifs is 1. The van der Waals surface area contributed by atoms with Crippen molar-refractivity contribution in [3.63, 3.8) is 0 Å². The summed E-state index contributed by atoms with van der Waals surface area (Å²) in [6, 6.07) is 9.23. The van der Waals surface area contributed by atoms with Crippen LogP contribution in [0.2, 0.25) is 0 Å². The van der Waals surface area contributed by atoms with Gasteiger partial charge < -0.3 is 10.2 Å². The van der Waals surface area contributed by atoms with Gasteiger partial charge in [-0.05, 0) is 54.3 Å². The summed E-state index contributed by atoms with van der Waals surface area (Å²) in [5, 5.41) is 19.8. The van der Waals surface area contributed by atoms with Gasteiger partial charge in [-0.15, -0.1) is 0 Å². The number of aromatic carboxylic acids is 1. The van der Waals surface area contributed by atoms with Crippen LogP contribution in [-0.2, 0) is 6.42 Å². The van der Waals surface area contributed by atoms with Crippen LogP contribution in [0, 0.1) is 12.7 Å². The molecule has 0 unspecified atom stereocenters. The van der Waals surface area contributed by atoms with Crippen LogP contribution in [0.5, 0.6) is 5.75 Å². The third-order valence-corrected chi connectivity index (χ3v) is 3.75. The minimum atomic E-state index is -1.07. The van der Waals surface area contributed by atoms with E-state index in [4.69, 9.17) is 0 Å². The van der Waals surface area contributed by atoms with E-state index in [2.05, 4.69) is 4.98 Å². The Kier molecular flexibility index (Phi) is 3.70. The van der Waals surface area contributed by atoms with Crippen LogP contribution in [-0.4, -0.2) is 21.2 Å². The molecule has 1 heterocycles. The maximum Gasteiger partial charge on any atom is 0.336 e. The summed E-state index contributed by atoms with van der Waals surface area (Å²) >= 11 is 0. The van der Waals surface area contributed by atoms with Crippen molar-refractivity contribution in [3.8, 4) is 5.75 Å². The minimum absolute atomic E-state index is 0.0154. The van der Waals surface area contributed by atoms with Gasteiger partial charge in [0, 0.05) is 11.6 Å². The van der Waals surface area contributed by atoms with Gasteiger partial charge in [-0.25, -0.2) is 9.18 Å². The van der Waals surface area contributed by atoms with E-state index < -0.39 is 5.97 Å². The molecule has 0 radical (unpaired) electrons. The predicted molar refractivity (Wildman–Crippen MR) is 84.3 cm³/mol. The van der Waals surface area contributed by atoms with Crippen LogP contribution in [0.3, 0.4) is 0 Å². The molecule has 2 aromatic carbocycles. The number of benzene rings is 2. The Labute approximate surface area is 131 Å². The number of hydrogen-bond donors (Lipinski definition) is 2. The van der Waals surface area contributed by atoms with Gasteiger partial charge in [0.25, 0.3) is 0 Å². The summed E-state index contributed by atoms with van der Waals surface area (Å²) < 4.78 is 13.0. The van der Waals surface area contributed by atoms with Crippen molar-refractivity contribution < 1.29 is 19.4 Å². The fraction of sp³-hybridized carbons (Fsp3) is 0.111. The lowest BCUT2D eigenvalue weighted by molar-refractivity contribution is 0.0699. The first-order valence-electron chi connectivity index (χ1n) is 7.04. The van der Waals surface area contributed by atoms with Crippen LogP contribution in [0.4, 0.5) is 4.39 Å². The average Bonchev–Trinajstić information content (AvgIpc) is 2.53. The number of carboxylic acid groups (broad SMARTS) is 1. The van der Waals surface area contributed by atoms with Gasteiger partial charge in [0.1, 0.15) is 17.1 Å². The van der Waals surface area contributed by atoms with E-state index in [1.165, 1.54) is 18.2 Å². The van der Waals surface area contributed by atoms with E-state index in [9.17, 15) is 19.4 Å². The highest BCUT2D eigenvalue weighted by Gasteiger charge is 2.15. The predicted octanol–water partition coefficient (Wildman–Crippen LogP) is 3.68. The number of carbonyl (C=O) groups is 1. The summed E-state index contributed by atoms with van der Waals surface area (Å²) in [6.45, 7) is 1.63. The van der Waals surface area contributed by atoms with Gasteiger partial charge in [0.15, 0.2) is 0 Å². The highest BCUT2D eigenvalue weighted by Crippen LogP contribution is 2.30. The lowest BCUT2D eigenvalue weighted by Crippen LogP contribution is -2.01. The lowest BCUT2D eigenvalue weighted by atomic mass is 10.00. The van der Waals surface area contributed by atoms with Crippen LogP contribution < -0.4 is 0 Å². The summed E-state index contributed by atoms with van der Waals surface area (Å²) in [5.74, 6) is -1.39. The Balaban J connectivity index is 2.10. The molecular formula is C18H14FNO3. The molecule has 0 aliphatic carbocycles. The van der Waals surface area contributed by atoms with Crippen LogP contribution in [0.1, 0.15) is 27.0 Å². The SMILES string of the molecule is Cc1cc(C(=O)O)c2cc(Cc3ccc(F)cc3)cnc2c1O. The fourth-order valence-electron chi connectivity index (χ4n) is 2.56. The first kappa shape index (κ1) is 15.0. The van der Waals surface area contributed by atoms with E-state index in [1.807, 2.05) is 0 Å². The largest absolute Gasteiger partial charge is 0.505 e. The molecule has 0 aliphatic heterocycles. The first-order chi connectivity index (χ1) is 11.0. The molecule has 23 heavy (non-hydrogen) atoms. The lowest BCUT2D eigenvalue weighted by Gasteiger charge is -2.09. The molecule has 2 N–H and O–H groups in total. The Morgan fingerprint density at radius 1 is 1.17 bits per heavy atom. The summed E-state index contributed by atoms with van der Waals surface area (Å²) in [4.78, 5) is 15.6. The average molecular weight is 311 g/mol. The van der Waals surface area contributed by atoms with Gasteiger partial charge in [-0.2, -0.15) is 0 Å².